The number of fused-ring (bicyclic) bond motifs is 1. The summed E-state index contributed by atoms with van der Waals surface area (Å²) in [5.74, 6) is -0.199. The number of hydrogen-bond acceptors (Lipinski definition) is 3. The SMILES string of the molecule is CN1CCN(C(c2ccncc2)c2c[nH]c3ccc(F)cc23)CC1. The normalized spacial score (nSPS) is 18.1. The lowest BCUT2D eigenvalue weighted by molar-refractivity contribution is 0.127. The van der Waals surface area contributed by atoms with E-state index in [0.717, 1.165) is 42.6 Å². The molecular weight excluding hydrogens is 303 g/mol. The van der Waals surface area contributed by atoms with Gasteiger partial charge < -0.3 is 9.88 Å². The lowest BCUT2D eigenvalue weighted by atomic mass is 9.96. The van der Waals surface area contributed by atoms with Crippen molar-refractivity contribution >= 4 is 10.9 Å². The summed E-state index contributed by atoms with van der Waals surface area (Å²) >= 11 is 0. The largest absolute Gasteiger partial charge is 0.361 e. The molecule has 3 heterocycles. The zero-order valence-corrected chi connectivity index (χ0v) is 13.7. The van der Waals surface area contributed by atoms with Gasteiger partial charge in [0.2, 0.25) is 0 Å². The number of hydrogen-bond donors (Lipinski definition) is 1. The van der Waals surface area contributed by atoms with Crippen LogP contribution in [0.2, 0.25) is 0 Å². The lowest BCUT2D eigenvalue weighted by Gasteiger charge is -2.38. The van der Waals surface area contributed by atoms with E-state index >= 15 is 0 Å². The molecule has 5 heteroatoms. The molecule has 1 unspecified atom stereocenters. The van der Waals surface area contributed by atoms with E-state index in [9.17, 15) is 4.39 Å². The van der Waals surface area contributed by atoms with E-state index in [0.29, 0.717) is 0 Å². The first kappa shape index (κ1) is 15.3. The molecule has 1 fully saturated rings. The Bertz CT molecular complexity index is 822. The van der Waals surface area contributed by atoms with Gasteiger partial charge in [0.25, 0.3) is 0 Å². The fourth-order valence-corrected chi connectivity index (χ4v) is 3.55. The molecule has 124 valence electrons. The molecule has 1 aromatic carbocycles. The molecule has 0 spiro atoms. The van der Waals surface area contributed by atoms with Crippen LogP contribution in [-0.4, -0.2) is 53.0 Å². The number of rotatable bonds is 3. The minimum Gasteiger partial charge on any atom is -0.361 e. The topological polar surface area (TPSA) is 35.2 Å². The summed E-state index contributed by atoms with van der Waals surface area (Å²) in [5, 5.41) is 0.954. The van der Waals surface area contributed by atoms with Gasteiger partial charge >= 0.3 is 0 Å². The van der Waals surface area contributed by atoms with Crippen molar-refractivity contribution in [3.63, 3.8) is 0 Å². The van der Waals surface area contributed by atoms with Gasteiger partial charge in [-0.25, -0.2) is 4.39 Å². The van der Waals surface area contributed by atoms with Crippen LogP contribution in [0.25, 0.3) is 10.9 Å². The number of H-pyrrole nitrogens is 1. The maximum Gasteiger partial charge on any atom is 0.123 e. The van der Waals surface area contributed by atoms with E-state index in [2.05, 4.69) is 38.9 Å². The van der Waals surface area contributed by atoms with Crippen LogP contribution in [0.15, 0.2) is 48.9 Å². The van der Waals surface area contributed by atoms with Gasteiger partial charge in [0, 0.05) is 55.7 Å². The molecule has 4 rings (SSSR count). The summed E-state index contributed by atoms with van der Waals surface area (Å²) in [6.45, 7) is 4.06. The number of nitrogens with zero attached hydrogens (tertiary/aromatic N) is 3. The third kappa shape index (κ3) is 2.81. The molecule has 3 aromatic rings. The highest BCUT2D eigenvalue weighted by atomic mass is 19.1. The van der Waals surface area contributed by atoms with Gasteiger partial charge in [0.1, 0.15) is 5.82 Å². The van der Waals surface area contributed by atoms with Crippen molar-refractivity contribution in [2.45, 2.75) is 6.04 Å². The van der Waals surface area contributed by atoms with Crippen molar-refractivity contribution in [3.05, 3.63) is 65.9 Å². The highest BCUT2D eigenvalue weighted by molar-refractivity contribution is 5.84. The summed E-state index contributed by atoms with van der Waals surface area (Å²) < 4.78 is 13.8. The predicted octanol–water partition coefficient (Wildman–Crippen LogP) is 3.04. The van der Waals surface area contributed by atoms with Crippen LogP contribution in [0.5, 0.6) is 0 Å². The standard InChI is InChI=1S/C19H21FN4/c1-23-8-10-24(11-9-23)19(14-4-6-21-7-5-14)17-13-22-18-3-2-15(20)12-16(17)18/h2-7,12-13,19,22H,8-11H2,1H3. The summed E-state index contributed by atoms with van der Waals surface area (Å²) in [7, 11) is 2.15. The Morgan fingerprint density at radius 1 is 1.08 bits per heavy atom. The van der Waals surface area contributed by atoms with Gasteiger partial charge in [-0.15, -0.1) is 0 Å². The Morgan fingerprint density at radius 3 is 2.58 bits per heavy atom. The third-order valence-electron chi connectivity index (χ3n) is 4.90. The molecular formula is C19H21FN4. The Labute approximate surface area is 140 Å². The molecule has 0 bridgehead atoms. The summed E-state index contributed by atoms with van der Waals surface area (Å²) in [6.07, 6.45) is 5.68. The van der Waals surface area contributed by atoms with Gasteiger partial charge in [0.15, 0.2) is 0 Å². The number of benzene rings is 1. The van der Waals surface area contributed by atoms with Gasteiger partial charge in [-0.3, -0.25) is 9.88 Å². The van der Waals surface area contributed by atoms with Crippen LogP contribution < -0.4 is 0 Å². The van der Waals surface area contributed by atoms with Gasteiger partial charge in [-0.05, 0) is 48.5 Å². The Kier molecular flexibility index (Phi) is 4.04. The van der Waals surface area contributed by atoms with Crippen LogP contribution in [0, 0.1) is 5.82 Å². The molecule has 0 aliphatic carbocycles. The smallest absolute Gasteiger partial charge is 0.123 e. The molecule has 0 radical (unpaired) electrons. The van der Waals surface area contributed by atoms with Crippen molar-refractivity contribution in [1.29, 1.82) is 0 Å². The molecule has 0 saturated carbocycles. The van der Waals surface area contributed by atoms with Gasteiger partial charge in [-0.1, -0.05) is 0 Å². The van der Waals surface area contributed by atoms with Crippen LogP contribution in [-0.2, 0) is 0 Å². The summed E-state index contributed by atoms with van der Waals surface area (Å²) in [4.78, 5) is 12.3. The number of aromatic nitrogens is 2. The molecule has 1 atom stereocenters. The maximum atomic E-state index is 13.8. The Hall–Kier alpha value is -2.24. The first-order chi connectivity index (χ1) is 11.7. The zero-order chi connectivity index (χ0) is 16.5. The second kappa shape index (κ2) is 6.34. The van der Waals surface area contributed by atoms with E-state index in [1.54, 1.807) is 6.07 Å². The minimum atomic E-state index is -0.199. The zero-order valence-electron chi connectivity index (χ0n) is 13.7. The van der Waals surface area contributed by atoms with E-state index in [-0.39, 0.29) is 11.9 Å². The number of aromatic amines is 1. The number of piperazine rings is 1. The van der Waals surface area contributed by atoms with Crippen molar-refractivity contribution in [1.82, 2.24) is 19.8 Å². The molecule has 1 saturated heterocycles. The first-order valence-electron chi connectivity index (χ1n) is 8.31. The van der Waals surface area contributed by atoms with E-state index in [1.165, 1.54) is 11.6 Å². The molecule has 1 aliphatic rings. The highest BCUT2D eigenvalue weighted by Gasteiger charge is 2.27. The average molecular weight is 324 g/mol. The Morgan fingerprint density at radius 2 is 1.83 bits per heavy atom. The summed E-state index contributed by atoms with van der Waals surface area (Å²) in [5.41, 5.74) is 3.29. The number of pyridine rings is 1. The molecule has 0 amide bonds. The monoisotopic (exact) mass is 324 g/mol. The molecule has 4 nitrogen and oxygen atoms in total. The van der Waals surface area contributed by atoms with Gasteiger partial charge in [-0.2, -0.15) is 0 Å². The molecule has 2 aromatic heterocycles. The van der Waals surface area contributed by atoms with Crippen molar-refractivity contribution < 1.29 is 4.39 Å². The van der Waals surface area contributed by atoms with Crippen LogP contribution in [0.1, 0.15) is 17.2 Å². The van der Waals surface area contributed by atoms with E-state index in [4.69, 9.17) is 0 Å². The molecule has 24 heavy (non-hydrogen) atoms. The summed E-state index contributed by atoms with van der Waals surface area (Å²) in [6, 6.07) is 9.16. The average Bonchev–Trinajstić information content (AvgIpc) is 3.01. The number of halogens is 1. The Balaban J connectivity index is 1.81. The highest BCUT2D eigenvalue weighted by Crippen LogP contribution is 2.34. The fraction of sp³-hybridized carbons (Fsp3) is 0.316. The van der Waals surface area contributed by atoms with Crippen molar-refractivity contribution in [2.24, 2.45) is 0 Å². The molecule has 1 N–H and O–H groups in total. The van der Waals surface area contributed by atoms with E-state index in [1.807, 2.05) is 24.7 Å². The van der Waals surface area contributed by atoms with E-state index < -0.39 is 0 Å². The number of nitrogens with one attached hydrogen (secondary N) is 1. The van der Waals surface area contributed by atoms with Gasteiger partial charge in [0.05, 0.1) is 6.04 Å². The van der Waals surface area contributed by atoms with Crippen molar-refractivity contribution in [3.8, 4) is 0 Å². The second-order valence-corrected chi connectivity index (χ2v) is 6.46. The lowest BCUT2D eigenvalue weighted by Crippen LogP contribution is -2.46. The van der Waals surface area contributed by atoms with Crippen molar-refractivity contribution in [2.75, 3.05) is 33.2 Å². The maximum absolute atomic E-state index is 13.8. The van der Waals surface area contributed by atoms with Crippen LogP contribution >= 0.6 is 0 Å². The van der Waals surface area contributed by atoms with Crippen LogP contribution in [0.3, 0.4) is 0 Å². The first-order valence-corrected chi connectivity index (χ1v) is 8.31. The molecule has 1 aliphatic heterocycles. The number of likely N-dealkylation sites (N-methyl/N-ethyl adjacent to an activating group) is 1. The third-order valence-corrected chi connectivity index (χ3v) is 4.90. The minimum absolute atomic E-state index is 0.109. The second-order valence-electron chi connectivity index (χ2n) is 6.46. The predicted molar refractivity (Wildman–Crippen MR) is 93.4 cm³/mol. The fourth-order valence-electron chi connectivity index (χ4n) is 3.55. The van der Waals surface area contributed by atoms with Crippen LogP contribution in [0.4, 0.5) is 4.39 Å². The quantitative estimate of drug-likeness (QED) is 0.804.